The molecule has 0 aliphatic rings. The Bertz CT molecular complexity index is 512. The number of rotatable bonds is 2. The molecule has 0 radical (unpaired) electrons. The van der Waals surface area contributed by atoms with E-state index in [1.54, 1.807) is 0 Å². The molecule has 0 aliphatic heterocycles. The van der Waals surface area contributed by atoms with Gasteiger partial charge in [0.1, 0.15) is 0 Å². The van der Waals surface area contributed by atoms with Gasteiger partial charge < -0.3 is 0 Å². The lowest BCUT2D eigenvalue weighted by atomic mass is 10.2. The highest BCUT2D eigenvalue weighted by Gasteiger charge is 2.12. The third-order valence-electron chi connectivity index (χ3n) is 2.24. The lowest BCUT2D eigenvalue weighted by Gasteiger charge is -1.98. The SMILES string of the molecule is CC[n+]1c(-c2ccc(Br)cc2)[nH][nH]c1=S. The second-order valence-corrected chi connectivity index (χ2v) is 4.46. The molecule has 78 valence electrons. The first kappa shape index (κ1) is 10.6. The quantitative estimate of drug-likeness (QED) is 0.646. The molecular weight excluding hydrogens is 274 g/mol. The van der Waals surface area contributed by atoms with E-state index in [-0.39, 0.29) is 0 Å². The summed E-state index contributed by atoms with van der Waals surface area (Å²) in [7, 11) is 0. The van der Waals surface area contributed by atoms with Gasteiger partial charge >= 0.3 is 4.77 Å². The summed E-state index contributed by atoms with van der Waals surface area (Å²) in [5.41, 5.74) is 1.12. The van der Waals surface area contributed by atoms with Crippen LogP contribution in [-0.2, 0) is 6.54 Å². The van der Waals surface area contributed by atoms with Crippen molar-refractivity contribution in [2.24, 2.45) is 0 Å². The van der Waals surface area contributed by atoms with E-state index in [0.29, 0.717) is 0 Å². The van der Waals surface area contributed by atoms with E-state index in [0.717, 1.165) is 27.2 Å². The zero-order valence-corrected chi connectivity index (χ0v) is 10.7. The predicted octanol–water partition coefficient (Wildman–Crippen LogP) is 2.81. The van der Waals surface area contributed by atoms with Crippen LogP contribution in [0.4, 0.5) is 0 Å². The van der Waals surface area contributed by atoms with E-state index in [1.807, 2.05) is 28.8 Å². The van der Waals surface area contributed by atoms with Crippen LogP contribution in [0.1, 0.15) is 6.92 Å². The average molecular weight is 285 g/mol. The summed E-state index contributed by atoms with van der Waals surface area (Å²) in [6.45, 7) is 2.92. The Labute approximate surface area is 101 Å². The van der Waals surface area contributed by atoms with Crippen molar-refractivity contribution in [3.8, 4) is 11.4 Å². The first-order chi connectivity index (χ1) is 7.22. The molecule has 0 amide bonds. The van der Waals surface area contributed by atoms with Crippen LogP contribution in [0.5, 0.6) is 0 Å². The van der Waals surface area contributed by atoms with Gasteiger partial charge in [-0.25, -0.2) is 4.57 Å². The van der Waals surface area contributed by atoms with Crippen molar-refractivity contribution in [3.63, 3.8) is 0 Å². The van der Waals surface area contributed by atoms with E-state index in [4.69, 9.17) is 12.2 Å². The molecule has 0 saturated heterocycles. The Hall–Kier alpha value is -0.940. The fraction of sp³-hybridized carbons (Fsp3) is 0.200. The lowest BCUT2D eigenvalue weighted by Crippen LogP contribution is -2.34. The highest BCUT2D eigenvalue weighted by atomic mass is 79.9. The molecule has 0 saturated carbocycles. The molecule has 15 heavy (non-hydrogen) atoms. The maximum Gasteiger partial charge on any atom is 0.323 e. The predicted molar refractivity (Wildman–Crippen MR) is 65.0 cm³/mol. The number of aromatic nitrogens is 3. The molecule has 0 unspecified atom stereocenters. The van der Waals surface area contributed by atoms with Gasteiger partial charge in [-0.15, -0.1) is 0 Å². The molecule has 1 heterocycles. The van der Waals surface area contributed by atoms with Gasteiger partial charge in [0.05, 0.1) is 12.1 Å². The van der Waals surface area contributed by atoms with E-state index >= 15 is 0 Å². The Morgan fingerprint density at radius 3 is 2.53 bits per heavy atom. The van der Waals surface area contributed by atoms with Gasteiger partial charge in [0.25, 0.3) is 5.82 Å². The minimum absolute atomic E-state index is 0.718. The van der Waals surface area contributed by atoms with E-state index in [9.17, 15) is 0 Å². The molecule has 0 fully saturated rings. The third-order valence-corrected chi connectivity index (χ3v) is 3.09. The van der Waals surface area contributed by atoms with Crippen molar-refractivity contribution < 1.29 is 4.57 Å². The second-order valence-electron chi connectivity index (χ2n) is 3.15. The fourth-order valence-corrected chi connectivity index (χ4v) is 2.02. The van der Waals surface area contributed by atoms with Crippen LogP contribution in [0.25, 0.3) is 11.4 Å². The Balaban J connectivity index is 2.54. The molecule has 5 heteroatoms. The second kappa shape index (κ2) is 4.28. The van der Waals surface area contributed by atoms with Crippen LogP contribution in [0.15, 0.2) is 28.7 Å². The molecule has 3 nitrogen and oxygen atoms in total. The number of hydrogen-bond acceptors (Lipinski definition) is 1. The minimum Gasteiger partial charge on any atom is -0.218 e. The zero-order chi connectivity index (χ0) is 10.8. The van der Waals surface area contributed by atoms with Crippen molar-refractivity contribution in [1.82, 2.24) is 10.2 Å². The fourth-order valence-electron chi connectivity index (χ4n) is 1.49. The van der Waals surface area contributed by atoms with Gasteiger partial charge in [-0.1, -0.05) is 15.9 Å². The molecule has 0 bridgehead atoms. The Morgan fingerprint density at radius 2 is 1.93 bits per heavy atom. The average Bonchev–Trinajstić information content (AvgIpc) is 2.61. The van der Waals surface area contributed by atoms with Crippen LogP contribution < -0.4 is 4.57 Å². The normalized spacial score (nSPS) is 10.5. The first-order valence-corrected chi connectivity index (χ1v) is 5.89. The van der Waals surface area contributed by atoms with Crippen molar-refractivity contribution in [3.05, 3.63) is 33.5 Å². The van der Waals surface area contributed by atoms with Crippen molar-refractivity contribution >= 4 is 28.1 Å². The molecule has 0 atom stereocenters. The standard InChI is InChI=1S/C10H10BrN3S/c1-2-14-9(12-13-10(14)15)7-3-5-8(11)6-4-7/h3-6H,2H2,1H3,(H,13,15)/p+1. The van der Waals surface area contributed by atoms with Gasteiger partial charge in [-0.05, 0) is 43.4 Å². The smallest absolute Gasteiger partial charge is 0.218 e. The number of nitrogens with zero attached hydrogens (tertiary/aromatic N) is 1. The summed E-state index contributed by atoms with van der Waals surface area (Å²) in [6, 6.07) is 8.12. The zero-order valence-electron chi connectivity index (χ0n) is 8.25. The molecule has 0 aliphatic carbocycles. The van der Waals surface area contributed by atoms with Crippen LogP contribution in [0.3, 0.4) is 0 Å². The summed E-state index contributed by atoms with van der Waals surface area (Å²) in [5, 5.41) is 6.02. The molecule has 1 aromatic heterocycles. The summed E-state index contributed by atoms with van der Waals surface area (Å²) >= 11 is 8.58. The number of nitrogens with one attached hydrogen (secondary N) is 2. The van der Waals surface area contributed by atoms with Crippen LogP contribution in [-0.4, -0.2) is 10.2 Å². The number of aromatic amines is 2. The van der Waals surface area contributed by atoms with Gasteiger partial charge in [-0.3, -0.25) is 0 Å². The summed E-state index contributed by atoms with van der Waals surface area (Å²) in [4.78, 5) is 0. The maximum absolute atomic E-state index is 5.16. The molecule has 2 N–H and O–H groups in total. The number of benzene rings is 1. The van der Waals surface area contributed by atoms with E-state index in [1.165, 1.54) is 0 Å². The first-order valence-electron chi connectivity index (χ1n) is 4.69. The van der Waals surface area contributed by atoms with E-state index in [2.05, 4.69) is 33.1 Å². The van der Waals surface area contributed by atoms with Crippen molar-refractivity contribution in [2.45, 2.75) is 13.5 Å². The number of halogens is 1. The highest BCUT2D eigenvalue weighted by molar-refractivity contribution is 9.10. The molecule has 2 aromatic rings. The largest absolute Gasteiger partial charge is 0.323 e. The van der Waals surface area contributed by atoms with Crippen molar-refractivity contribution in [1.29, 1.82) is 0 Å². The molecular formula is C10H11BrN3S+. The Morgan fingerprint density at radius 1 is 1.27 bits per heavy atom. The maximum atomic E-state index is 5.16. The summed E-state index contributed by atoms with van der Waals surface area (Å²) < 4.78 is 3.82. The third kappa shape index (κ3) is 2.03. The molecule has 2 rings (SSSR count). The van der Waals surface area contributed by atoms with Gasteiger partial charge in [-0.2, -0.15) is 10.2 Å². The molecule has 1 aromatic carbocycles. The van der Waals surface area contributed by atoms with Crippen LogP contribution in [0, 0.1) is 4.77 Å². The monoisotopic (exact) mass is 284 g/mol. The van der Waals surface area contributed by atoms with Crippen molar-refractivity contribution in [2.75, 3.05) is 0 Å². The molecule has 0 spiro atoms. The number of hydrogen-bond donors (Lipinski definition) is 2. The van der Waals surface area contributed by atoms with Gasteiger partial charge in [0, 0.05) is 4.47 Å². The number of H-pyrrole nitrogens is 2. The highest BCUT2D eigenvalue weighted by Crippen LogP contribution is 2.16. The topological polar surface area (TPSA) is 35.5 Å². The van der Waals surface area contributed by atoms with Gasteiger partial charge in [0.2, 0.25) is 0 Å². The van der Waals surface area contributed by atoms with Crippen LogP contribution >= 0.6 is 28.1 Å². The summed E-state index contributed by atoms with van der Waals surface area (Å²) in [6.07, 6.45) is 0. The van der Waals surface area contributed by atoms with Crippen LogP contribution in [0.2, 0.25) is 0 Å². The lowest BCUT2D eigenvalue weighted by molar-refractivity contribution is -0.689. The summed E-state index contributed by atoms with van der Waals surface area (Å²) in [5.74, 6) is 1.01. The minimum atomic E-state index is 0.718. The Kier molecular flexibility index (Phi) is 3.02. The van der Waals surface area contributed by atoms with E-state index < -0.39 is 0 Å². The van der Waals surface area contributed by atoms with Gasteiger partial charge in [0.15, 0.2) is 0 Å².